The van der Waals surface area contributed by atoms with E-state index < -0.39 is 0 Å². The molecule has 176 valence electrons. The van der Waals surface area contributed by atoms with E-state index in [9.17, 15) is 4.79 Å². The molecule has 0 aliphatic carbocycles. The number of halogens is 1. The first-order valence-corrected chi connectivity index (χ1v) is 12.2. The molecule has 1 aliphatic heterocycles. The van der Waals surface area contributed by atoms with Gasteiger partial charge in [-0.05, 0) is 50.0 Å². The first-order valence-electron chi connectivity index (χ1n) is 11.8. The van der Waals surface area contributed by atoms with Gasteiger partial charge in [0.25, 0.3) is 0 Å². The number of hydrogen-bond acceptors (Lipinski definition) is 4. The predicted molar refractivity (Wildman–Crippen MR) is 135 cm³/mol. The maximum absolute atomic E-state index is 12.2. The zero-order valence-electron chi connectivity index (χ0n) is 19.9. The number of methoxy groups -OCH3 is 1. The molecule has 2 heterocycles. The summed E-state index contributed by atoms with van der Waals surface area (Å²) in [5, 5.41) is 1.82. The van der Waals surface area contributed by atoms with Gasteiger partial charge in [0.15, 0.2) is 5.78 Å². The quantitative estimate of drug-likeness (QED) is 0.418. The lowest BCUT2D eigenvalue weighted by atomic mass is 10.1. The molecule has 0 saturated carbocycles. The molecule has 0 bridgehead atoms. The van der Waals surface area contributed by atoms with E-state index in [1.807, 2.05) is 36.5 Å². The Bertz CT molecular complexity index is 1110. The van der Waals surface area contributed by atoms with Crippen LogP contribution < -0.4 is 4.74 Å². The molecule has 4 rings (SSSR count). The lowest BCUT2D eigenvalue weighted by Crippen LogP contribution is -2.34. The number of ether oxygens (including phenoxy) is 1. The second-order valence-electron chi connectivity index (χ2n) is 9.23. The lowest BCUT2D eigenvalue weighted by Gasteiger charge is -2.25. The monoisotopic (exact) mass is 467 g/mol. The largest absolute Gasteiger partial charge is 0.495 e. The molecule has 0 radical (unpaired) electrons. The molecule has 1 saturated heterocycles. The first kappa shape index (κ1) is 23.8. The molecule has 0 spiro atoms. The van der Waals surface area contributed by atoms with Crippen LogP contribution in [0.15, 0.2) is 48.7 Å². The van der Waals surface area contributed by atoms with Crippen molar-refractivity contribution >= 4 is 28.3 Å². The Morgan fingerprint density at radius 2 is 1.79 bits per heavy atom. The van der Waals surface area contributed by atoms with Crippen molar-refractivity contribution in [1.82, 2.24) is 14.4 Å². The van der Waals surface area contributed by atoms with Crippen molar-refractivity contribution in [2.24, 2.45) is 5.92 Å². The van der Waals surface area contributed by atoms with Crippen molar-refractivity contribution in [3.05, 3.63) is 64.8 Å². The number of rotatable bonds is 8. The second kappa shape index (κ2) is 10.7. The summed E-state index contributed by atoms with van der Waals surface area (Å²) in [6.07, 6.45) is 3.16. The Labute approximate surface area is 201 Å². The van der Waals surface area contributed by atoms with Gasteiger partial charge in [-0.1, -0.05) is 48.9 Å². The maximum atomic E-state index is 12.2. The molecule has 1 unspecified atom stereocenters. The van der Waals surface area contributed by atoms with Gasteiger partial charge in [0.1, 0.15) is 5.75 Å². The van der Waals surface area contributed by atoms with Crippen molar-refractivity contribution in [2.75, 3.05) is 39.8 Å². The van der Waals surface area contributed by atoms with Gasteiger partial charge >= 0.3 is 0 Å². The minimum Gasteiger partial charge on any atom is -0.495 e. The van der Waals surface area contributed by atoms with Crippen LogP contribution in [0.5, 0.6) is 5.75 Å². The van der Waals surface area contributed by atoms with Crippen LogP contribution in [0.1, 0.15) is 36.2 Å². The number of benzene rings is 2. The van der Waals surface area contributed by atoms with E-state index >= 15 is 0 Å². The lowest BCUT2D eigenvalue weighted by molar-refractivity contribution is 0.101. The third-order valence-corrected chi connectivity index (χ3v) is 6.94. The number of hydrogen-bond donors (Lipinski definition) is 0. The van der Waals surface area contributed by atoms with Crippen molar-refractivity contribution in [3.63, 3.8) is 0 Å². The fourth-order valence-electron chi connectivity index (χ4n) is 4.98. The molecule has 1 fully saturated rings. The standard InChI is InChI=1S/C27H34ClN3O2/c1-20(17-31-19-24(21(2)32)23-9-6-11-26(33-3)27(23)31)16-29-12-7-13-30(15-14-29)18-22-8-4-5-10-25(22)28/h4-6,8-11,19-20H,7,12-18H2,1-3H3. The third-order valence-electron chi connectivity index (χ3n) is 6.57. The zero-order chi connectivity index (χ0) is 23.4. The van der Waals surface area contributed by atoms with E-state index in [1.54, 1.807) is 14.0 Å². The number of ketones is 1. The smallest absolute Gasteiger partial charge is 0.161 e. The van der Waals surface area contributed by atoms with Crippen LogP contribution in [0.25, 0.3) is 10.9 Å². The molecule has 1 aromatic heterocycles. The van der Waals surface area contributed by atoms with Crippen LogP contribution in [0, 0.1) is 5.92 Å². The van der Waals surface area contributed by atoms with Gasteiger partial charge in [-0.25, -0.2) is 0 Å². The van der Waals surface area contributed by atoms with E-state index in [0.29, 0.717) is 5.92 Å². The van der Waals surface area contributed by atoms with E-state index in [-0.39, 0.29) is 5.78 Å². The molecule has 6 heteroatoms. The van der Waals surface area contributed by atoms with Gasteiger partial charge < -0.3 is 14.2 Å². The molecular formula is C27H34ClN3O2. The normalized spacial score (nSPS) is 16.6. The van der Waals surface area contributed by atoms with Crippen LogP contribution in [0.4, 0.5) is 0 Å². The van der Waals surface area contributed by atoms with E-state index in [0.717, 1.165) is 79.5 Å². The van der Waals surface area contributed by atoms with Crippen molar-refractivity contribution < 1.29 is 9.53 Å². The van der Waals surface area contributed by atoms with Gasteiger partial charge in [-0.3, -0.25) is 9.69 Å². The Morgan fingerprint density at radius 1 is 1.03 bits per heavy atom. The SMILES string of the molecule is COc1cccc2c(C(C)=O)cn(CC(C)CN3CCCN(Cc4ccccc4Cl)CC3)c12. The number of para-hydroxylation sites is 1. The summed E-state index contributed by atoms with van der Waals surface area (Å²) in [4.78, 5) is 17.3. The Hall–Kier alpha value is -2.34. The minimum absolute atomic E-state index is 0.0887. The van der Waals surface area contributed by atoms with Gasteiger partial charge in [0.2, 0.25) is 0 Å². The second-order valence-corrected chi connectivity index (χ2v) is 9.64. The Kier molecular flexibility index (Phi) is 7.74. The summed E-state index contributed by atoms with van der Waals surface area (Å²) in [6, 6.07) is 14.1. The Morgan fingerprint density at radius 3 is 2.55 bits per heavy atom. The molecule has 1 aliphatic rings. The van der Waals surface area contributed by atoms with Crippen LogP contribution in [0.2, 0.25) is 5.02 Å². The van der Waals surface area contributed by atoms with E-state index in [2.05, 4.69) is 33.4 Å². The van der Waals surface area contributed by atoms with Crippen LogP contribution >= 0.6 is 11.6 Å². The van der Waals surface area contributed by atoms with Crippen LogP contribution in [-0.4, -0.2) is 60.0 Å². The highest BCUT2D eigenvalue weighted by molar-refractivity contribution is 6.31. The number of fused-ring (bicyclic) bond motifs is 1. The average molecular weight is 468 g/mol. The first-order chi connectivity index (χ1) is 16.0. The number of carbonyl (C=O) groups excluding carboxylic acids is 1. The predicted octanol–water partition coefficient (Wildman–Crippen LogP) is 5.35. The molecule has 1 atom stereocenters. The highest BCUT2D eigenvalue weighted by Gasteiger charge is 2.20. The summed E-state index contributed by atoms with van der Waals surface area (Å²) in [5.74, 6) is 1.35. The molecule has 33 heavy (non-hydrogen) atoms. The molecule has 0 amide bonds. The maximum Gasteiger partial charge on any atom is 0.161 e. The highest BCUT2D eigenvalue weighted by atomic mass is 35.5. The van der Waals surface area contributed by atoms with Gasteiger partial charge in [0.05, 0.1) is 12.6 Å². The van der Waals surface area contributed by atoms with Crippen LogP contribution in [-0.2, 0) is 13.1 Å². The molecule has 5 nitrogen and oxygen atoms in total. The summed E-state index contributed by atoms with van der Waals surface area (Å²) in [7, 11) is 1.69. The summed E-state index contributed by atoms with van der Waals surface area (Å²) >= 11 is 6.37. The zero-order valence-corrected chi connectivity index (χ0v) is 20.6. The summed E-state index contributed by atoms with van der Waals surface area (Å²) < 4.78 is 7.83. The average Bonchev–Trinajstić information content (AvgIpc) is 3.02. The van der Waals surface area contributed by atoms with E-state index in [1.165, 1.54) is 5.56 Å². The number of aromatic nitrogens is 1. The van der Waals surface area contributed by atoms with Gasteiger partial charge in [0, 0.05) is 54.9 Å². The van der Waals surface area contributed by atoms with Crippen LogP contribution in [0.3, 0.4) is 0 Å². The van der Waals surface area contributed by atoms with Crippen molar-refractivity contribution in [3.8, 4) is 5.75 Å². The topological polar surface area (TPSA) is 37.7 Å². The fourth-order valence-corrected chi connectivity index (χ4v) is 5.18. The molecule has 3 aromatic rings. The third kappa shape index (κ3) is 5.60. The minimum atomic E-state index is 0.0887. The Balaban J connectivity index is 1.40. The number of nitrogens with zero attached hydrogens (tertiary/aromatic N) is 3. The van der Waals surface area contributed by atoms with E-state index in [4.69, 9.17) is 16.3 Å². The van der Waals surface area contributed by atoms with Crippen molar-refractivity contribution in [2.45, 2.75) is 33.4 Å². The summed E-state index contributed by atoms with van der Waals surface area (Å²) in [6.45, 7) is 11.0. The fraction of sp³-hybridized carbons (Fsp3) is 0.444. The molecule has 2 aromatic carbocycles. The molecule has 0 N–H and O–H groups in total. The van der Waals surface area contributed by atoms with Gasteiger partial charge in [-0.15, -0.1) is 0 Å². The van der Waals surface area contributed by atoms with Crippen molar-refractivity contribution in [1.29, 1.82) is 0 Å². The highest BCUT2D eigenvalue weighted by Crippen LogP contribution is 2.31. The van der Waals surface area contributed by atoms with Gasteiger partial charge in [-0.2, -0.15) is 0 Å². The number of carbonyl (C=O) groups is 1. The summed E-state index contributed by atoms with van der Waals surface area (Å²) in [5.41, 5.74) is 2.98. The number of Topliss-reactive ketones (excluding diaryl/α,β-unsaturated/α-hetero) is 1. The molecular weight excluding hydrogens is 434 g/mol.